The number of alkyl halides is 2. The van der Waals surface area contributed by atoms with Crippen molar-refractivity contribution in [2.45, 2.75) is 25.2 Å². The predicted octanol–water partition coefficient (Wildman–Crippen LogP) is 5.13. The van der Waals surface area contributed by atoms with Gasteiger partial charge in [0.25, 0.3) is 5.91 Å². The Hall–Kier alpha value is -2.90. The number of benzene rings is 2. The van der Waals surface area contributed by atoms with Gasteiger partial charge in [-0.2, -0.15) is 8.78 Å². The number of halogens is 5. The number of carbonyl (C=O) groups is 1. The summed E-state index contributed by atoms with van der Waals surface area (Å²) in [5, 5.41) is 2.60. The van der Waals surface area contributed by atoms with Gasteiger partial charge in [-0.15, -0.1) is 0 Å². The van der Waals surface area contributed by atoms with E-state index >= 15 is 0 Å². The standard InChI is InChI=1S/C21H17F5N2O/c22-13-3-1-11(2-4-13)18-17(15-7-14(23)8-16(24)19(15)28-18)12-5-10(6-12)9-27-21(29)20(25)26/h1-4,7-8,10,12,20,28H,5-6,9H2,(H,27,29)/t10-,12-. The van der Waals surface area contributed by atoms with Gasteiger partial charge in [0.2, 0.25) is 0 Å². The molecule has 1 saturated carbocycles. The van der Waals surface area contributed by atoms with Gasteiger partial charge in [0.05, 0.1) is 11.2 Å². The number of fused-ring (bicyclic) bond motifs is 1. The molecular weight excluding hydrogens is 391 g/mol. The number of carbonyl (C=O) groups excluding carboxylic acids is 1. The molecule has 29 heavy (non-hydrogen) atoms. The van der Waals surface area contributed by atoms with Gasteiger partial charge in [0, 0.05) is 18.0 Å². The fourth-order valence-electron chi connectivity index (χ4n) is 3.97. The van der Waals surface area contributed by atoms with Crippen molar-refractivity contribution in [3.8, 4) is 11.3 Å². The van der Waals surface area contributed by atoms with Crippen LogP contribution in [0.2, 0.25) is 0 Å². The van der Waals surface area contributed by atoms with Crippen LogP contribution in [0.4, 0.5) is 22.0 Å². The smallest absolute Gasteiger partial charge is 0.315 e. The van der Waals surface area contributed by atoms with Crippen molar-refractivity contribution in [3.63, 3.8) is 0 Å². The lowest BCUT2D eigenvalue weighted by atomic mass is 9.70. The van der Waals surface area contributed by atoms with Crippen LogP contribution in [-0.4, -0.2) is 23.9 Å². The summed E-state index contributed by atoms with van der Waals surface area (Å²) in [4.78, 5) is 14.0. The van der Waals surface area contributed by atoms with Crippen molar-refractivity contribution in [2.75, 3.05) is 6.54 Å². The monoisotopic (exact) mass is 408 g/mol. The fraction of sp³-hybridized carbons (Fsp3) is 0.286. The highest BCUT2D eigenvalue weighted by Crippen LogP contribution is 2.48. The maximum Gasteiger partial charge on any atom is 0.315 e. The van der Waals surface area contributed by atoms with Gasteiger partial charge in [-0.3, -0.25) is 4.79 Å². The minimum Gasteiger partial charge on any atom is -0.352 e. The molecule has 1 aliphatic rings. The van der Waals surface area contributed by atoms with Crippen LogP contribution in [0.1, 0.15) is 24.3 Å². The Balaban J connectivity index is 1.65. The second-order valence-corrected chi connectivity index (χ2v) is 7.31. The molecule has 3 nitrogen and oxygen atoms in total. The van der Waals surface area contributed by atoms with Crippen LogP contribution in [0.5, 0.6) is 0 Å². The zero-order chi connectivity index (χ0) is 20.7. The van der Waals surface area contributed by atoms with E-state index in [0.29, 0.717) is 35.0 Å². The van der Waals surface area contributed by atoms with Gasteiger partial charge in [0.1, 0.15) is 17.5 Å². The first kappa shape index (κ1) is 19.4. The number of rotatable bonds is 5. The Labute approximate surface area is 162 Å². The van der Waals surface area contributed by atoms with E-state index in [-0.39, 0.29) is 23.9 Å². The van der Waals surface area contributed by atoms with Crippen LogP contribution in [0.25, 0.3) is 22.2 Å². The van der Waals surface area contributed by atoms with Crippen LogP contribution in [0.3, 0.4) is 0 Å². The molecule has 152 valence electrons. The van der Waals surface area contributed by atoms with E-state index in [1.165, 1.54) is 18.2 Å². The molecule has 0 atom stereocenters. The summed E-state index contributed by atoms with van der Waals surface area (Å²) in [6, 6.07) is 7.72. The molecule has 2 aromatic carbocycles. The molecule has 1 fully saturated rings. The predicted molar refractivity (Wildman–Crippen MR) is 98.1 cm³/mol. The average Bonchev–Trinajstić information content (AvgIpc) is 3.00. The number of hydrogen-bond donors (Lipinski definition) is 2. The highest BCUT2D eigenvalue weighted by Gasteiger charge is 2.35. The van der Waals surface area contributed by atoms with Crippen molar-refractivity contribution < 1.29 is 26.7 Å². The second kappa shape index (κ2) is 7.50. The van der Waals surface area contributed by atoms with Crippen molar-refractivity contribution in [2.24, 2.45) is 5.92 Å². The molecular formula is C21H17F5N2O. The van der Waals surface area contributed by atoms with Gasteiger partial charge in [-0.1, -0.05) is 0 Å². The van der Waals surface area contributed by atoms with Crippen molar-refractivity contribution >= 4 is 16.8 Å². The third-order valence-electron chi connectivity index (χ3n) is 5.40. The van der Waals surface area contributed by atoms with E-state index < -0.39 is 29.8 Å². The first-order chi connectivity index (χ1) is 13.8. The molecule has 1 aromatic heterocycles. The van der Waals surface area contributed by atoms with Gasteiger partial charge in [0.15, 0.2) is 0 Å². The number of hydrogen-bond acceptors (Lipinski definition) is 1. The first-order valence-electron chi connectivity index (χ1n) is 9.16. The summed E-state index contributed by atoms with van der Waals surface area (Å²) in [5.74, 6) is -3.24. The van der Waals surface area contributed by atoms with E-state index in [4.69, 9.17) is 0 Å². The minimum absolute atomic E-state index is 0.00729. The Morgan fingerprint density at radius 2 is 1.76 bits per heavy atom. The summed E-state index contributed by atoms with van der Waals surface area (Å²) >= 11 is 0. The van der Waals surface area contributed by atoms with E-state index in [9.17, 15) is 26.7 Å². The van der Waals surface area contributed by atoms with Gasteiger partial charge >= 0.3 is 6.43 Å². The lowest BCUT2D eigenvalue weighted by molar-refractivity contribution is -0.132. The van der Waals surface area contributed by atoms with Crippen LogP contribution < -0.4 is 5.32 Å². The molecule has 3 aromatic rings. The summed E-state index contributed by atoms with van der Waals surface area (Å²) < 4.78 is 66.1. The van der Waals surface area contributed by atoms with Crippen molar-refractivity contribution in [3.05, 3.63) is 59.4 Å². The quantitative estimate of drug-likeness (QED) is 0.565. The van der Waals surface area contributed by atoms with E-state index in [1.807, 2.05) is 0 Å². The summed E-state index contributed by atoms with van der Waals surface area (Å²) in [6.45, 7) is 0.122. The Morgan fingerprint density at radius 1 is 1.07 bits per heavy atom. The van der Waals surface area contributed by atoms with Crippen LogP contribution in [0, 0.1) is 23.4 Å². The molecule has 8 heteroatoms. The molecule has 1 heterocycles. The highest BCUT2D eigenvalue weighted by atomic mass is 19.3. The van der Waals surface area contributed by atoms with Crippen LogP contribution in [0.15, 0.2) is 36.4 Å². The molecule has 0 radical (unpaired) electrons. The SMILES string of the molecule is O=C(NC[C@H]1C[C@H](c2c(-c3ccc(F)cc3)[nH]c3c(F)cc(F)cc32)C1)C(F)F. The number of aromatic nitrogens is 1. The normalized spacial score (nSPS) is 18.8. The van der Waals surface area contributed by atoms with Gasteiger partial charge < -0.3 is 10.3 Å². The lowest BCUT2D eigenvalue weighted by Crippen LogP contribution is -2.38. The van der Waals surface area contributed by atoms with Crippen molar-refractivity contribution in [1.82, 2.24) is 10.3 Å². The number of nitrogens with one attached hydrogen (secondary N) is 2. The molecule has 4 rings (SSSR count). The Morgan fingerprint density at radius 3 is 2.41 bits per heavy atom. The summed E-state index contributed by atoms with van der Waals surface area (Å²) in [5.41, 5.74) is 2.08. The lowest BCUT2D eigenvalue weighted by Gasteiger charge is -2.36. The molecule has 0 bridgehead atoms. The molecule has 0 saturated heterocycles. The molecule has 1 aliphatic carbocycles. The maximum absolute atomic E-state index is 14.3. The average molecular weight is 408 g/mol. The molecule has 0 aliphatic heterocycles. The fourth-order valence-corrected chi connectivity index (χ4v) is 3.97. The minimum atomic E-state index is -3.06. The van der Waals surface area contributed by atoms with Crippen LogP contribution >= 0.6 is 0 Å². The van der Waals surface area contributed by atoms with E-state index in [1.54, 1.807) is 12.1 Å². The molecule has 0 spiro atoms. The summed E-state index contributed by atoms with van der Waals surface area (Å²) in [6.07, 6.45) is -1.92. The van der Waals surface area contributed by atoms with E-state index in [2.05, 4.69) is 10.3 Å². The topological polar surface area (TPSA) is 44.9 Å². The number of aromatic amines is 1. The van der Waals surface area contributed by atoms with Crippen molar-refractivity contribution in [1.29, 1.82) is 0 Å². The third-order valence-corrected chi connectivity index (χ3v) is 5.40. The Bertz CT molecular complexity index is 1060. The zero-order valence-corrected chi connectivity index (χ0v) is 15.1. The largest absolute Gasteiger partial charge is 0.352 e. The second-order valence-electron chi connectivity index (χ2n) is 7.31. The molecule has 2 N–H and O–H groups in total. The summed E-state index contributed by atoms with van der Waals surface area (Å²) in [7, 11) is 0. The molecule has 1 amide bonds. The maximum atomic E-state index is 14.3. The van der Waals surface area contributed by atoms with Gasteiger partial charge in [-0.25, -0.2) is 13.2 Å². The number of amides is 1. The van der Waals surface area contributed by atoms with Crippen LogP contribution in [-0.2, 0) is 4.79 Å². The first-order valence-corrected chi connectivity index (χ1v) is 9.16. The third kappa shape index (κ3) is 3.71. The Kier molecular flexibility index (Phi) is 5.02. The van der Waals surface area contributed by atoms with E-state index in [0.717, 1.165) is 6.07 Å². The number of H-pyrrole nitrogens is 1. The highest BCUT2D eigenvalue weighted by molar-refractivity contribution is 5.92. The zero-order valence-electron chi connectivity index (χ0n) is 15.1. The molecule has 0 unspecified atom stereocenters. The van der Waals surface area contributed by atoms with Gasteiger partial charge in [-0.05, 0) is 66.1 Å².